The third-order valence-electron chi connectivity index (χ3n) is 8.02. The molecule has 0 radical (unpaired) electrons. The molecule has 4 unspecified atom stereocenters. The molecule has 0 spiro atoms. The number of ether oxygens (including phenoxy) is 2. The molecule has 5 nitrogen and oxygen atoms in total. The van der Waals surface area contributed by atoms with Crippen molar-refractivity contribution >= 4 is 33.7 Å². The number of hydrogen-bond donors (Lipinski definition) is 0. The number of cyclic esters (lactones) is 2. The van der Waals surface area contributed by atoms with E-state index >= 15 is 0 Å². The molecular formula is C31H35NO4. The lowest BCUT2D eigenvalue weighted by Gasteiger charge is -2.27. The van der Waals surface area contributed by atoms with Crippen molar-refractivity contribution in [2.75, 3.05) is 0 Å². The summed E-state index contributed by atoms with van der Waals surface area (Å²) < 4.78 is 13.7. The molecule has 3 heterocycles. The minimum Gasteiger partial charge on any atom is -0.454 e. The monoisotopic (exact) mass is 485 g/mol. The average molecular weight is 486 g/mol. The topological polar surface area (TPSA) is 57.5 Å². The van der Waals surface area contributed by atoms with Crippen molar-refractivity contribution < 1.29 is 19.1 Å². The summed E-state index contributed by atoms with van der Waals surface area (Å²) in [5.41, 5.74) is 5.36. The van der Waals surface area contributed by atoms with Crippen molar-refractivity contribution in [3.63, 3.8) is 0 Å². The molecule has 36 heavy (non-hydrogen) atoms. The van der Waals surface area contributed by atoms with Crippen LogP contribution in [-0.2, 0) is 19.1 Å². The lowest BCUT2D eigenvalue weighted by atomic mass is 9.93. The van der Waals surface area contributed by atoms with Gasteiger partial charge < -0.3 is 14.0 Å². The van der Waals surface area contributed by atoms with Crippen LogP contribution in [-0.4, -0.2) is 16.5 Å². The molecule has 2 saturated heterocycles. The number of fused-ring (bicyclic) bond motifs is 3. The van der Waals surface area contributed by atoms with Crippen LogP contribution in [0, 0.1) is 5.92 Å². The fourth-order valence-corrected chi connectivity index (χ4v) is 5.69. The minimum atomic E-state index is -0.307. The summed E-state index contributed by atoms with van der Waals surface area (Å²) >= 11 is 0. The zero-order chi connectivity index (χ0) is 25.6. The highest BCUT2D eigenvalue weighted by atomic mass is 16.6. The fraction of sp³-hybridized carbons (Fsp3) is 0.419. The van der Waals surface area contributed by atoms with Crippen molar-refractivity contribution in [2.24, 2.45) is 5.92 Å². The number of rotatable bonds is 8. The quantitative estimate of drug-likeness (QED) is 0.243. The first-order chi connectivity index (χ1) is 17.3. The highest BCUT2D eigenvalue weighted by Gasteiger charge is 2.31. The van der Waals surface area contributed by atoms with Crippen molar-refractivity contribution in [1.82, 2.24) is 4.57 Å². The Hall–Kier alpha value is -3.34. The molecule has 5 heteroatoms. The van der Waals surface area contributed by atoms with E-state index in [1.54, 1.807) is 0 Å². The van der Waals surface area contributed by atoms with Gasteiger partial charge in [0.15, 0.2) is 0 Å². The molecule has 0 N–H and O–H groups in total. The van der Waals surface area contributed by atoms with Crippen molar-refractivity contribution in [3.05, 3.63) is 71.8 Å². The maximum Gasteiger partial charge on any atom is 0.334 e. The van der Waals surface area contributed by atoms with E-state index in [9.17, 15) is 9.59 Å². The highest BCUT2D eigenvalue weighted by molar-refractivity contribution is 6.08. The molecule has 2 aliphatic rings. The molecular weight excluding hydrogens is 450 g/mol. The molecule has 0 aliphatic carbocycles. The van der Waals surface area contributed by atoms with Gasteiger partial charge >= 0.3 is 11.9 Å². The Morgan fingerprint density at radius 3 is 1.78 bits per heavy atom. The Bertz CT molecular complexity index is 1250. The Balaban J connectivity index is 1.70. The second kappa shape index (κ2) is 9.61. The van der Waals surface area contributed by atoms with Gasteiger partial charge in [-0.1, -0.05) is 77.5 Å². The maximum atomic E-state index is 12.0. The number of hydrogen-bond acceptors (Lipinski definition) is 4. The third kappa shape index (κ3) is 4.15. The summed E-state index contributed by atoms with van der Waals surface area (Å²) in [4.78, 5) is 24.0. The number of nitrogens with zero attached hydrogens (tertiary/aromatic N) is 1. The molecule has 3 aromatic rings. The molecule has 0 bridgehead atoms. The first-order valence-electron chi connectivity index (χ1n) is 13.2. The van der Waals surface area contributed by atoms with Crippen LogP contribution in [0.2, 0.25) is 0 Å². The molecule has 0 amide bonds. The summed E-state index contributed by atoms with van der Waals surface area (Å²) in [6.07, 6.45) is 4.91. The van der Waals surface area contributed by atoms with E-state index in [2.05, 4.69) is 74.9 Å². The maximum absolute atomic E-state index is 12.0. The molecule has 5 rings (SSSR count). The largest absolute Gasteiger partial charge is 0.454 e. The van der Waals surface area contributed by atoms with Gasteiger partial charge in [0.1, 0.15) is 12.2 Å². The number of unbranched alkanes of at least 4 members (excludes halogenated alkanes) is 1. The van der Waals surface area contributed by atoms with Crippen LogP contribution >= 0.6 is 0 Å². The van der Waals surface area contributed by atoms with E-state index in [1.807, 2.05) is 0 Å². The Labute approximate surface area is 212 Å². The van der Waals surface area contributed by atoms with Gasteiger partial charge in [-0.05, 0) is 35.6 Å². The van der Waals surface area contributed by atoms with Crippen LogP contribution in [0.1, 0.15) is 88.7 Å². The van der Waals surface area contributed by atoms with Gasteiger partial charge in [-0.3, -0.25) is 0 Å². The van der Waals surface area contributed by atoms with Gasteiger partial charge in [-0.2, -0.15) is 0 Å². The predicted molar refractivity (Wildman–Crippen MR) is 143 cm³/mol. The SMILES string of the molecule is C=C1CC(c2ccc3c4ccc(C5CC(=C)C(=O)O5)cc4n(C(CCCC)C(C)CC)c3c2)OC1=O. The number of carbonyl (C=O) groups is 2. The zero-order valence-corrected chi connectivity index (χ0v) is 21.5. The van der Waals surface area contributed by atoms with Crippen molar-refractivity contribution in [2.45, 2.75) is 77.5 Å². The first-order valence-corrected chi connectivity index (χ1v) is 13.2. The molecule has 1 aromatic heterocycles. The number of esters is 2. The zero-order valence-electron chi connectivity index (χ0n) is 21.5. The van der Waals surface area contributed by atoms with Gasteiger partial charge in [-0.15, -0.1) is 0 Å². The van der Waals surface area contributed by atoms with Crippen LogP contribution in [0.4, 0.5) is 0 Å². The number of carbonyl (C=O) groups excluding carboxylic acids is 2. The summed E-state index contributed by atoms with van der Waals surface area (Å²) in [5, 5.41) is 2.36. The first kappa shape index (κ1) is 24.4. The van der Waals surface area contributed by atoms with Gasteiger partial charge in [-0.25, -0.2) is 9.59 Å². The highest BCUT2D eigenvalue weighted by Crippen LogP contribution is 2.42. The van der Waals surface area contributed by atoms with E-state index in [0.29, 0.717) is 35.9 Å². The normalized spacial score (nSPS) is 21.9. The fourth-order valence-electron chi connectivity index (χ4n) is 5.69. The Morgan fingerprint density at radius 2 is 1.39 bits per heavy atom. The van der Waals surface area contributed by atoms with E-state index in [4.69, 9.17) is 9.47 Å². The van der Waals surface area contributed by atoms with Gasteiger partial charge in [0, 0.05) is 51.8 Å². The summed E-state index contributed by atoms with van der Waals surface area (Å²) in [6, 6.07) is 13.2. The van der Waals surface area contributed by atoms with Crippen LogP contribution in [0.25, 0.3) is 21.8 Å². The third-order valence-corrected chi connectivity index (χ3v) is 8.02. The lowest BCUT2D eigenvalue weighted by Crippen LogP contribution is -2.17. The van der Waals surface area contributed by atoms with Crippen molar-refractivity contribution in [3.8, 4) is 0 Å². The Morgan fingerprint density at radius 1 is 0.889 bits per heavy atom. The van der Waals surface area contributed by atoms with Crippen LogP contribution < -0.4 is 0 Å². The molecule has 188 valence electrons. The molecule has 2 fully saturated rings. The van der Waals surface area contributed by atoms with E-state index < -0.39 is 0 Å². The smallest absolute Gasteiger partial charge is 0.334 e. The average Bonchev–Trinajstić information content (AvgIpc) is 3.51. The van der Waals surface area contributed by atoms with Crippen molar-refractivity contribution in [1.29, 1.82) is 0 Å². The van der Waals surface area contributed by atoms with E-state index in [1.165, 1.54) is 10.8 Å². The minimum absolute atomic E-state index is 0.293. The molecule has 2 aromatic carbocycles. The van der Waals surface area contributed by atoms with Gasteiger partial charge in [0.05, 0.1) is 0 Å². The molecule has 2 aliphatic heterocycles. The van der Waals surface area contributed by atoms with Crippen LogP contribution in [0.15, 0.2) is 60.7 Å². The second-order valence-electron chi connectivity index (χ2n) is 10.4. The van der Waals surface area contributed by atoms with Gasteiger partial charge in [0.25, 0.3) is 0 Å². The van der Waals surface area contributed by atoms with Gasteiger partial charge in [0.2, 0.25) is 0 Å². The standard InChI is InChI=1S/C31H35NO4/c1-6-8-9-25(18(3)7-2)32-26-16-21(28-14-19(4)30(33)35-28)10-12-23(26)24-13-11-22(17-27(24)32)29-15-20(5)31(34)36-29/h10-13,16-18,25,28-29H,4-9,14-15H2,1-3H3. The van der Waals surface area contributed by atoms with Crippen LogP contribution in [0.5, 0.6) is 0 Å². The number of aromatic nitrogens is 1. The lowest BCUT2D eigenvalue weighted by molar-refractivity contribution is -0.140. The summed E-state index contributed by atoms with van der Waals surface area (Å²) in [5.74, 6) is -0.132. The molecule has 0 saturated carbocycles. The van der Waals surface area contributed by atoms with E-state index in [0.717, 1.165) is 47.8 Å². The summed E-state index contributed by atoms with van der Waals surface area (Å²) in [7, 11) is 0. The van der Waals surface area contributed by atoms with E-state index in [-0.39, 0.29) is 24.1 Å². The predicted octanol–water partition coefficient (Wildman–Crippen LogP) is 7.66. The number of benzene rings is 2. The van der Waals surface area contributed by atoms with Crippen LogP contribution in [0.3, 0.4) is 0 Å². The summed E-state index contributed by atoms with van der Waals surface area (Å²) in [6.45, 7) is 14.5. The Kier molecular flexibility index (Phi) is 6.50. The second-order valence-corrected chi connectivity index (χ2v) is 10.4. The molecule has 4 atom stereocenters.